The van der Waals surface area contributed by atoms with Gasteiger partial charge in [-0.15, -0.1) is 0 Å². The van der Waals surface area contributed by atoms with Gasteiger partial charge in [-0.25, -0.2) is 9.97 Å². The maximum atomic E-state index is 6.29. The van der Waals surface area contributed by atoms with E-state index in [4.69, 9.17) is 16.3 Å². The largest absolute Gasteiger partial charge is 0.497 e. The Hall–Kier alpha value is -2.07. The molecule has 0 atom stereocenters. The number of imidazole rings is 1. The number of rotatable bonds is 3. The van der Waals surface area contributed by atoms with Gasteiger partial charge in [0.15, 0.2) is 5.65 Å². The van der Waals surface area contributed by atoms with Crippen LogP contribution in [0.3, 0.4) is 0 Å². The van der Waals surface area contributed by atoms with Gasteiger partial charge in [0.25, 0.3) is 0 Å². The lowest BCUT2D eigenvalue weighted by Crippen LogP contribution is -2.03. The van der Waals surface area contributed by atoms with Gasteiger partial charge in [-0.2, -0.15) is 0 Å². The fourth-order valence-corrected chi connectivity index (χ4v) is 2.44. The zero-order chi connectivity index (χ0) is 14.1. The van der Waals surface area contributed by atoms with Crippen LogP contribution in [0.4, 0.5) is 0 Å². The van der Waals surface area contributed by atoms with E-state index in [1.54, 1.807) is 13.3 Å². The third-order valence-corrected chi connectivity index (χ3v) is 3.64. The lowest BCUT2D eigenvalue weighted by Gasteiger charge is -2.09. The van der Waals surface area contributed by atoms with Gasteiger partial charge in [0.05, 0.1) is 13.7 Å². The highest BCUT2D eigenvalue weighted by atomic mass is 35.5. The molecule has 102 valence electrons. The number of hydrogen-bond acceptors (Lipinski definition) is 3. The molecule has 2 heterocycles. The van der Waals surface area contributed by atoms with Gasteiger partial charge >= 0.3 is 0 Å². The summed E-state index contributed by atoms with van der Waals surface area (Å²) in [6.45, 7) is 2.61. The third kappa shape index (κ3) is 2.23. The highest BCUT2D eigenvalue weighted by Gasteiger charge is 2.10. The number of halogens is 1. The Morgan fingerprint density at radius 3 is 2.90 bits per heavy atom. The molecule has 0 fully saturated rings. The number of pyridine rings is 1. The van der Waals surface area contributed by atoms with E-state index in [1.165, 1.54) is 0 Å². The highest BCUT2D eigenvalue weighted by molar-refractivity contribution is 6.31. The van der Waals surface area contributed by atoms with E-state index >= 15 is 0 Å². The smallest absolute Gasteiger partial charge is 0.160 e. The number of hydrogen-bond donors (Lipinski definition) is 0. The number of aryl methyl sites for hydroxylation is 1. The minimum Gasteiger partial charge on any atom is -0.497 e. The average Bonchev–Trinajstić information content (AvgIpc) is 2.77. The Morgan fingerprint density at radius 2 is 2.15 bits per heavy atom. The summed E-state index contributed by atoms with van der Waals surface area (Å²) in [5, 5.41) is 0.682. The van der Waals surface area contributed by atoms with Crippen LogP contribution >= 0.6 is 11.6 Å². The predicted octanol–water partition coefficient (Wildman–Crippen LogP) is 3.45. The predicted molar refractivity (Wildman–Crippen MR) is 79.4 cm³/mol. The van der Waals surface area contributed by atoms with Crippen molar-refractivity contribution in [2.24, 2.45) is 0 Å². The number of nitrogens with zero attached hydrogens (tertiary/aromatic N) is 3. The van der Waals surface area contributed by atoms with Gasteiger partial charge in [0.2, 0.25) is 0 Å². The summed E-state index contributed by atoms with van der Waals surface area (Å²) in [4.78, 5) is 8.90. The number of ether oxygens (including phenoxy) is 1. The second-order valence-electron chi connectivity index (χ2n) is 4.55. The first-order valence-electron chi connectivity index (χ1n) is 6.29. The van der Waals surface area contributed by atoms with Crippen molar-refractivity contribution in [3.63, 3.8) is 0 Å². The molecule has 0 bridgehead atoms. The number of fused-ring (bicyclic) bond motifs is 1. The summed E-state index contributed by atoms with van der Waals surface area (Å²) < 4.78 is 7.22. The van der Waals surface area contributed by atoms with Crippen LogP contribution in [0.1, 0.15) is 11.4 Å². The summed E-state index contributed by atoms with van der Waals surface area (Å²) in [5.74, 6) is 1.68. The van der Waals surface area contributed by atoms with E-state index in [1.807, 2.05) is 37.3 Å². The Labute approximate surface area is 122 Å². The van der Waals surface area contributed by atoms with Gasteiger partial charge in [-0.3, -0.25) is 0 Å². The topological polar surface area (TPSA) is 39.9 Å². The molecule has 0 spiro atoms. The van der Waals surface area contributed by atoms with Gasteiger partial charge in [-0.1, -0.05) is 17.7 Å². The Balaban J connectivity index is 2.03. The van der Waals surface area contributed by atoms with Crippen molar-refractivity contribution in [1.29, 1.82) is 0 Å². The summed E-state index contributed by atoms with van der Waals surface area (Å²) in [6, 6.07) is 9.54. The molecule has 0 N–H and O–H groups in total. The molecule has 2 aromatic heterocycles. The molecule has 3 rings (SSSR count). The van der Waals surface area contributed by atoms with E-state index in [2.05, 4.69) is 14.5 Å². The minimum absolute atomic E-state index is 0.641. The zero-order valence-corrected chi connectivity index (χ0v) is 12.1. The van der Waals surface area contributed by atoms with E-state index < -0.39 is 0 Å². The Bertz CT molecular complexity index is 767. The zero-order valence-electron chi connectivity index (χ0n) is 11.3. The standard InChI is InChI=1S/C15H14ClN3O/c1-10-18-14-4-3-7-17-15(14)19(10)9-11-5-6-12(20-2)8-13(11)16/h3-8H,9H2,1-2H3. The van der Waals surface area contributed by atoms with Gasteiger partial charge in [-0.05, 0) is 36.8 Å². The van der Waals surface area contributed by atoms with Gasteiger partial charge in [0, 0.05) is 11.2 Å². The molecule has 3 aromatic rings. The first-order chi connectivity index (χ1) is 9.69. The lowest BCUT2D eigenvalue weighted by atomic mass is 10.2. The van der Waals surface area contributed by atoms with Crippen molar-refractivity contribution < 1.29 is 4.74 Å². The summed E-state index contributed by atoms with van der Waals surface area (Å²) >= 11 is 6.29. The Morgan fingerprint density at radius 1 is 1.30 bits per heavy atom. The van der Waals surface area contributed by atoms with Crippen LogP contribution in [0.25, 0.3) is 11.2 Å². The molecule has 0 saturated carbocycles. The molecule has 0 unspecified atom stereocenters. The summed E-state index contributed by atoms with van der Waals surface area (Å²) in [6.07, 6.45) is 1.77. The molecule has 0 saturated heterocycles. The molecule has 5 heteroatoms. The monoisotopic (exact) mass is 287 g/mol. The molecule has 0 amide bonds. The molecular formula is C15H14ClN3O. The lowest BCUT2D eigenvalue weighted by molar-refractivity contribution is 0.414. The molecule has 0 radical (unpaired) electrons. The van der Waals surface area contributed by atoms with Crippen molar-refractivity contribution in [2.75, 3.05) is 7.11 Å². The number of methoxy groups -OCH3 is 1. The first kappa shape index (κ1) is 12.9. The molecule has 20 heavy (non-hydrogen) atoms. The maximum absolute atomic E-state index is 6.29. The van der Waals surface area contributed by atoms with E-state index in [0.29, 0.717) is 11.6 Å². The molecule has 0 aliphatic heterocycles. The van der Waals surface area contributed by atoms with Crippen LogP contribution in [-0.2, 0) is 6.54 Å². The molecule has 0 aliphatic rings. The van der Waals surface area contributed by atoms with Crippen LogP contribution in [0.5, 0.6) is 5.75 Å². The van der Waals surface area contributed by atoms with Crippen LogP contribution in [0.2, 0.25) is 5.02 Å². The number of benzene rings is 1. The van der Waals surface area contributed by atoms with Crippen molar-refractivity contribution in [3.05, 3.63) is 52.9 Å². The fraction of sp³-hybridized carbons (Fsp3) is 0.200. The van der Waals surface area contributed by atoms with Gasteiger partial charge in [0.1, 0.15) is 17.1 Å². The van der Waals surface area contributed by atoms with Crippen molar-refractivity contribution in [2.45, 2.75) is 13.5 Å². The third-order valence-electron chi connectivity index (χ3n) is 3.28. The normalized spacial score (nSPS) is 10.9. The van der Waals surface area contributed by atoms with Crippen LogP contribution in [0, 0.1) is 6.92 Å². The second-order valence-corrected chi connectivity index (χ2v) is 4.96. The minimum atomic E-state index is 0.641. The number of aromatic nitrogens is 3. The summed E-state index contributed by atoms with van der Waals surface area (Å²) in [5.41, 5.74) is 2.78. The summed E-state index contributed by atoms with van der Waals surface area (Å²) in [7, 11) is 1.63. The van der Waals surface area contributed by atoms with Crippen molar-refractivity contribution >= 4 is 22.8 Å². The second kappa shape index (κ2) is 5.13. The first-order valence-corrected chi connectivity index (χ1v) is 6.67. The molecular weight excluding hydrogens is 274 g/mol. The van der Waals surface area contributed by atoms with Crippen LogP contribution < -0.4 is 4.74 Å². The average molecular weight is 288 g/mol. The quantitative estimate of drug-likeness (QED) is 0.741. The highest BCUT2D eigenvalue weighted by Crippen LogP contribution is 2.24. The molecule has 0 aliphatic carbocycles. The van der Waals surface area contributed by atoms with Crippen molar-refractivity contribution in [1.82, 2.24) is 14.5 Å². The van der Waals surface area contributed by atoms with Gasteiger partial charge < -0.3 is 9.30 Å². The van der Waals surface area contributed by atoms with Crippen molar-refractivity contribution in [3.8, 4) is 5.75 Å². The van der Waals surface area contributed by atoms with Crippen LogP contribution in [-0.4, -0.2) is 21.6 Å². The molecule has 4 nitrogen and oxygen atoms in total. The van der Waals surface area contributed by atoms with E-state index in [0.717, 1.165) is 28.3 Å². The van der Waals surface area contributed by atoms with E-state index in [-0.39, 0.29) is 0 Å². The molecule has 1 aromatic carbocycles. The van der Waals surface area contributed by atoms with E-state index in [9.17, 15) is 0 Å². The van der Waals surface area contributed by atoms with Crippen LogP contribution in [0.15, 0.2) is 36.5 Å². The SMILES string of the molecule is COc1ccc(Cn2c(C)nc3cccnc32)c(Cl)c1. The Kier molecular flexibility index (Phi) is 3.32. The maximum Gasteiger partial charge on any atom is 0.160 e. The fourth-order valence-electron chi connectivity index (χ4n) is 2.21.